The molecule has 1 heterocycles. The van der Waals surface area contributed by atoms with Crippen molar-refractivity contribution in [2.45, 2.75) is 31.8 Å². The number of rotatable bonds is 6. The number of ketones is 1. The molecule has 1 aromatic carbocycles. The van der Waals surface area contributed by atoms with Gasteiger partial charge in [-0.2, -0.15) is 8.78 Å². The van der Waals surface area contributed by atoms with Gasteiger partial charge in [-0.1, -0.05) is 13.0 Å². The summed E-state index contributed by atoms with van der Waals surface area (Å²) in [4.78, 5) is 12.2. The van der Waals surface area contributed by atoms with Gasteiger partial charge in [-0.05, 0) is 42.9 Å². The molecule has 0 saturated carbocycles. The summed E-state index contributed by atoms with van der Waals surface area (Å²) in [6, 6.07) is 4.63. The Labute approximate surface area is 155 Å². The molecule has 1 aromatic rings. The molecule has 0 aromatic heterocycles. The van der Waals surface area contributed by atoms with Gasteiger partial charge in [0.1, 0.15) is 22.9 Å². The number of allylic oxidation sites excluding steroid dienone is 2. The normalized spacial score (nSPS) is 25.3. The summed E-state index contributed by atoms with van der Waals surface area (Å²) in [5, 5.41) is 0. The minimum absolute atomic E-state index is 0.0193. The zero-order chi connectivity index (χ0) is 19.6. The van der Waals surface area contributed by atoms with Gasteiger partial charge in [0.05, 0.1) is 7.11 Å². The van der Waals surface area contributed by atoms with E-state index < -0.39 is 23.4 Å². The van der Waals surface area contributed by atoms with Gasteiger partial charge in [0, 0.05) is 18.1 Å². The van der Waals surface area contributed by atoms with E-state index in [4.69, 9.17) is 14.2 Å². The van der Waals surface area contributed by atoms with E-state index in [1.807, 2.05) is 6.92 Å². The van der Waals surface area contributed by atoms with Crippen molar-refractivity contribution in [1.29, 1.82) is 0 Å². The van der Waals surface area contributed by atoms with E-state index in [1.54, 1.807) is 12.1 Å². The highest BCUT2D eigenvalue weighted by Gasteiger charge is 2.51. The highest BCUT2D eigenvalue weighted by Crippen LogP contribution is 2.46. The summed E-state index contributed by atoms with van der Waals surface area (Å²) in [6.45, 7) is 1.86. The third kappa shape index (κ3) is 3.88. The quantitative estimate of drug-likeness (QED) is 0.732. The molecule has 27 heavy (non-hydrogen) atoms. The lowest BCUT2D eigenvalue weighted by Gasteiger charge is -2.38. The Balaban J connectivity index is 1.85. The van der Waals surface area contributed by atoms with Gasteiger partial charge < -0.3 is 14.2 Å². The summed E-state index contributed by atoms with van der Waals surface area (Å²) >= 11 is 0. The first-order valence-electron chi connectivity index (χ1n) is 8.72. The molecule has 1 saturated heterocycles. The molecule has 4 nitrogen and oxygen atoms in total. The number of carbonyl (C=O) groups is 1. The number of halogens is 3. The maximum Gasteiger partial charge on any atom is 0.266 e. The molecule has 1 aliphatic heterocycles. The van der Waals surface area contributed by atoms with E-state index >= 15 is 0 Å². The summed E-state index contributed by atoms with van der Waals surface area (Å²) in [5.74, 6) is -0.690. The zero-order valence-corrected chi connectivity index (χ0v) is 15.1. The minimum Gasteiger partial charge on any atom is -0.497 e. The highest BCUT2D eigenvalue weighted by molar-refractivity contribution is 5.93. The summed E-state index contributed by atoms with van der Waals surface area (Å²) < 4.78 is 55.6. The standard InChI is InChI=1S/C20H21F3O4/c1-12(7-13-3-5-15(25-2)8-16(13)21)20-10-14(4-6-19(22)23)17(24)9-18(20)26-11-27-20/h3,5-6,8-9,12,14H,4,7,10-11H2,1-2H3/t12-,14+,20+/m0/s1. The SMILES string of the molecule is COc1ccc(C[C@H](C)[C@]23C[C@@H](CC=C(F)F)C(=O)C=C2OCO3)c(F)c1. The van der Waals surface area contributed by atoms with Crippen LogP contribution in [0.4, 0.5) is 13.2 Å². The van der Waals surface area contributed by atoms with Crippen LogP contribution in [0.15, 0.2) is 42.2 Å². The van der Waals surface area contributed by atoms with Crippen LogP contribution < -0.4 is 4.74 Å². The van der Waals surface area contributed by atoms with Crippen LogP contribution in [0, 0.1) is 17.7 Å². The molecule has 146 valence electrons. The van der Waals surface area contributed by atoms with E-state index in [1.165, 1.54) is 19.3 Å². The maximum absolute atomic E-state index is 14.3. The van der Waals surface area contributed by atoms with Crippen LogP contribution >= 0.6 is 0 Å². The van der Waals surface area contributed by atoms with E-state index in [9.17, 15) is 18.0 Å². The number of hydrogen-bond donors (Lipinski definition) is 0. The Hall–Kier alpha value is -2.28. The molecular formula is C20H21F3O4. The second-order valence-corrected chi connectivity index (χ2v) is 6.90. The Morgan fingerprint density at radius 1 is 1.44 bits per heavy atom. The number of ether oxygens (including phenoxy) is 3. The minimum atomic E-state index is -1.82. The van der Waals surface area contributed by atoms with Crippen molar-refractivity contribution < 1.29 is 32.2 Å². The average Bonchev–Trinajstić information content (AvgIpc) is 3.05. The van der Waals surface area contributed by atoms with Crippen LogP contribution in [0.5, 0.6) is 5.75 Å². The Bertz CT molecular complexity index is 785. The second kappa shape index (κ2) is 7.76. The molecule has 1 aliphatic carbocycles. The molecule has 0 N–H and O–H groups in total. The first-order valence-corrected chi connectivity index (χ1v) is 8.72. The predicted octanol–water partition coefficient (Wildman–Crippen LogP) is 4.40. The summed E-state index contributed by atoms with van der Waals surface area (Å²) in [5.41, 5.74) is -0.443. The van der Waals surface area contributed by atoms with Gasteiger partial charge >= 0.3 is 0 Å². The number of methoxy groups -OCH3 is 1. The van der Waals surface area contributed by atoms with Crippen molar-refractivity contribution >= 4 is 5.78 Å². The smallest absolute Gasteiger partial charge is 0.266 e. The Kier molecular flexibility index (Phi) is 5.60. The molecule has 2 aliphatic rings. The second-order valence-electron chi connectivity index (χ2n) is 6.90. The van der Waals surface area contributed by atoms with Gasteiger partial charge in [0.15, 0.2) is 12.6 Å². The van der Waals surface area contributed by atoms with E-state index in [0.717, 1.165) is 6.08 Å². The van der Waals surface area contributed by atoms with Gasteiger partial charge in [-0.3, -0.25) is 4.79 Å². The molecule has 0 amide bonds. The number of benzene rings is 1. The van der Waals surface area contributed by atoms with Crippen molar-refractivity contribution in [3.8, 4) is 5.75 Å². The van der Waals surface area contributed by atoms with Crippen LogP contribution in [-0.2, 0) is 20.7 Å². The highest BCUT2D eigenvalue weighted by atomic mass is 19.3. The van der Waals surface area contributed by atoms with Crippen molar-refractivity contribution in [3.63, 3.8) is 0 Å². The van der Waals surface area contributed by atoms with Crippen molar-refractivity contribution in [2.75, 3.05) is 13.9 Å². The van der Waals surface area contributed by atoms with Crippen LogP contribution in [-0.4, -0.2) is 25.3 Å². The van der Waals surface area contributed by atoms with Gasteiger partial charge in [-0.15, -0.1) is 0 Å². The molecule has 0 radical (unpaired) electrons. The van der Waals surface area contributed by atoms with Crippen LogP contribution in [0.25, 0.3) is 0 Å². The lowest BCUT2D eigenvalue weighted by atomic mass is 9.71. The van der Waals surface area contributed by atoms with Crippen molar-refractivity contribution in [3.05, 3.63) is 53.6 Å². The Morgan fingerprint density at radius 2 is 2.22 bits per heavy atom. The molecule has 0 bridgehead atoms. The topological polar surface area (TPSA) is 44.8 Å². The fourth-order valence-corrected chi connectivity index (χ4v) is 3.76. The van der Waals surface area contributed by atoms with E-state index in [0.29, 0.717) is 23.5 Å². The fourth-order valence-electron chi connectivity index (χ4n) is 3.76. The molecule has 1 fully saturated rings. The number of hydrogen-bond acceptors (Lipinski definition) is 4. The fraction of sp³-hybridized carbons (Fsp3) is 0.450. The van der Waals surface area contributed by atoms with Gasteiger partial charge in [-0.25, -0.2) is 4.39 Å². The number of fused-ring (bicyclic) bond motifs is 1. The van der Waals surface area contributed by atoms with E-state index in [2.05, 4.69) is 0 Å². The van der Waals surface area contributed by atoms with Crippen molar-refractivity contribution in [1.82, 2.24) is 0 Å². The third-order valence-electron chi connectivity index (χ3n) is 5.31. The lowest BCUT2D eigenvalue weighted by molar-refractivity contribution is -0.123. The third-order valence-corrected chi connectivity index (χ3v) is 5.31. The predicted molar refractivity (Wildman–Crippen MR) is 91.7 cm³/mol. The lowest BCUT2D eigenvalue weighted by Crippen LogP contribution is -2.45. The molecular weight excluding hydrogens is 361 g/mol. The van der Waals surface area contributed by atoms with Crippen LogP contribution in [0.1, 0.15) is 25.3 Å². The molecule has 0 unspecified atom stereocenters. The number of carbonyl (C=O) groups excluding carboxylic acids is 1. The van der Waals surface area contributed by atoms with Crippen LogP contribution in [0.2, 0.25) is 0 Å². The summed E-state index contributed by atoms with van der Waals surface area (Å²) in [7, 11) is 1.46. The van der Waals surface area contributed by atoms with Crippen molar-refractivity contribution in [2.24, 2.45) is 11.8 Å². The summed E-state index contributed by atoms with van der Waals surface area (Å²) in [6.07, 6.45) is 0.763. The average molecular weight is 382 g/mol. The molecule has 3 atom stereocenters. The first kappa shape index (κ1) is 19.5. The molecule has 0 spiro atoms. The van der Waals surface area contributed by atoms with Crippen LogP contribution in [0.3, 0.4) is 0 Å². The zero-order valence-electron chi connectivity index (χ0n) is 15.1. The molecule has 7 heteroatoms. The maximum atomic E-state index is 14.3. The largest absolute Gasteiger partial charge is 0.497 e. The van der Waals surface area contributed by atoms with E-state index in [-0.39, 0.29) is 31.3 Å². The molecule has 3 rings (SSSR count). The Morgan fingerprint density at radius 3 is 2.89 bits per heavy atom. The first-order chi connectivity index (χ1) is 12.9. The van der Waals surface area contributed by atoms with Gasteiger partial charge in [0.2, 0.25) is 0 Å². The monoisotopic (exact) mass is 382 g/mol. The van der Waals surface area contributed by atoms with Gasteiger partial charge in [0.25, 0.3) is 6.08 Å².